The fraction of sp³-hybridized carbons (Fsp3) is 0.581. The molecule has 0 aromatic heterocycles. The van der Waals surface area contributed by atoms with Crippen molar-refractivity contribution in [3.8, 4) is 17.2 Å². The highest BCUT2D eigenvalue weighted by Crippen LogP contribution is 2.49. The topological polar surface area (TPSA) is 107 Å². The van der Waals surface area contributed by atoms with Crippen LogP contribution in [0.2, 0.25) is 0 Å². The van der Waals surface area contributed by atoms with Crippen LogP contribution in [0.5, 0.6) is 17.2 Å². The van der Waals surface area contributed by atoms with Gasteiger partial charge in [0.25, 0.3) is 0 Å². The van der Waals surface area contributed by atoms with E-state index in [0.29, 0.717) is 19.4 Å². The zero-order valence-electron chi connectivity index (χ0n) is 22.4. The minimum absolute atomic E-state index is 0.209. The molecule has 2 aromatic rings. The minimum Gasteiger partial charge on any atom is -0.508 e. The van der Waals surface area contributed by atoms with Gasteiger partial charge in [-0.2, -0.15) is 0 Å². The van der Waals surface area contributed by atoms with Crippen molar-refractivity contribution >= 4 is 5.97 Å². The molecule has 0 saturated heterocycles. The van der Waals surface area contributed by atoms with Gasteiger partial charge in [-0.1, -0.05) is 83.4 Å². The molecular formula is C31H44O6. The van der Waals surface area contributed by atoms with Crippen molar-refractivity contribution in [1.82, 2.24) is 0 Å². The number of aromatic hydroxyl groups is 2. The van der Waals surface area contributed by atoms with Crippen molar-refractivity contribution in [2.45, 2.75) is 102 Å². The number of carbonyl (C=O) groups is 1. The summed E-state index contributed by atoms with van der Waals surface area (Å²) in [6, 6.07) is 12.8. The van der Waals surface area contributed by atoms with E-state index in [9.17, 15) is 25.2 Å². The number of aliphatic carboxylic acids is 1. The van der Waals surface area contributed by atoms with Gasteiger partial charge < -0.3 is 25.2 Å². The van der Waals surface area contributed by atoms with Crippen LogP contribution >= 0.6 is 0 Å². The molecule has 204 valence electrons. The Kier molecular flexibility index (Phi) is 10.7. The van der Waals surface area contributed by atoms with Gasteiger partial charge in [-0.05, 0) is 48.6 Å². The van der Waals surface area contributed by atoms with Crippen LogP contribution in [0.25, 0.3) is 0 Å². The molecule has 0 fully saturated rings. The standard InChI is InChI=1S/C31H44O6/c1-3-11-28(34)26(30(35)36)12-9-7-5-4-6-8-10-13-27-25-19-18-24(33)20-29(25)37-21-31(27,2)22-14-16-23(32)17-15-22/h14-20,26-28,32-34H,3-13,21H2,1-2H3,(H,35,36). The molecule has 6 heteroatoms. The van der Waals surface area contributed by atoms with Crippen LogP contribution in [0.1, 0.15) is 102 Å². The summed E-state index contributed by atoms with van der Waals surface area (Å²) in [4.78, 5) is 11.4. The average Bonchev–Trinajstić information content (AvgIpc) is 2.86. The van der Waals surface area contributed by atoms with Crippen LogP contribution in [0, 0.1) is 5.92 Å². The molecule has 2 aromatic carbocycles. The number of carboxylic acid groups (broad SMARTS) is 1. The summed E-state index contributed by atoms with van der Waals surface area (Å²) in [7, 11) is 0. The number of hydrogen-bond donors (Lipinski definition) is 4. The molecular weight excluding hydrogens is 468 g/mol. The highest BCUT2D eigenvalue weighted by Gasteiger charge is 2.42. The molecule has 0 radical (unpaired) electrons. The van der Waals surface area contributed by atoms with Gasteiger partial charge in [0.1, 0.15) is 17.2 Å². The third-order valence-electron chi connectivity index (χ3n) is 8.07. The smallest absolute Gasteiger partial charge is 0.309 e. The van der Waals surface area contributed by atoms with Gasteiger partial charge in [0.05, 0.1) is 18.6 Å². The lowest BCUT2D eigenvalue weighted by Crippen LogP contribution is -2.40. The van der Waals surface area contributed by atoms with Gasteiger partial charge in [0.15, 0.2) is 0 Å². The summed E-state index contributed by atoms with van der Waals surface area (Å²) < 4.78 is 6.10. The van der Waals surface area contributed by atoms with Crippen molar-refractivity contribution in [3.63, 3.8) is 0 Å². The molecule has 1 heterocycles. The Morgan fingerprint density at radius 3 is 2.22 bits per heavy atom. The Morgan fingerprint density at radius 1 is 0.946 bits per heavy atom. The number of aliphatic hydroxyl groups excluding tert-OH is 1. The lowest BCUT2D eigenvalue weighted by molar-refractivity contribution is -0.146. The van der Waals surface area contributed by atoms with Crippen molar-refractivity contribution in [2.75, 3.05) is 6.61 Å². The second-order valence-corrected chi connectivity index (χ2v) is 10.9. The molecule has 6 nitrogen and oxygen atoms in total. The van der Waals surface area contributed by atoms with E-state index in [1.165, 1.54) is 0 Å². The highest BCUT2D eigenvalue weighted by molar-refractivity contribution is 5.70. The van der Waals surface area contributed by atoms with Gasteiger partial charge in [-0.25, -0.2) is 0 Å². The van der Waals surface area contributed by atoms with Crippen molar-refractivity contribution in [3.05, 3.63) is 53.6 Å². The van der Waals surface area contributed by atoms with Crippen LogP contribution in [0.3, 0.4) is 0 Å². The number of benzene rings is 2. The first-order valence-electron chi connectivity index (χ1n) is 13.9. The normalized spacial score (nSPS) is 20.6. The molecule has 0 aliphatic carbocycles. The predicted molar refractivity (Wildman–Crippen MR) is 145 cm³/mol. The van der Waals surface area contributed by atoms with E-state index in [1.807, 2.05) is 25.1 Å². The summed E-state index contributed by atoms with van der Waals surface area (Å²) in [5.74, 6) is -0.0759. The van der Waals surface area contributed by atoms with Gasteiger partial charge in [-0.3, -0.25) is 4.79 Å². The van der Waals surface area contributed by atoms with E-state index in [0.717, 1.165) is 74.7 Å². The number of hydrogen-bond acceptors (Lipinski definition) is 5. The first-order chi connectivity index (χ1) is 17.8. The molecule has 37 heavy (non-hydrogen) atoms. The number of ether oxygens (including phenoxy) is 1. The zero-order valence-corrected chi connectivity index (χ0v) is 22.4. The zero-order chi connectivity index (χ0) is 26.8. The predicted octanol–water partition coefficient (Wildman–Crippen LogP) is 6.90. The molecule has 1 aliphatic rings. The van der Waals surface area contributed by atoms with E-state index in [4.69, 9.17) is 4.74 Å². The first kappa shape index (κ1) is 28.8. The van der Waals surface area contributed by atoms with E-state index in [1.54, 1.807) is 24.3 Å². The maximum Gasteiger partial charge on any atom is 0.309 e. The molecule has 0 bridgehead atoms. The van der Waals surface area contributed by atoms with E-state index in [2.05, 4.69) is 6.92 Å². The number of carboxylic acids is 1. The van der Waals surface area contributed by atoms with Crippen LogP contribution in [-0.2, 0) is 10.2 Å². The maximum atomic E-state index is 11.4. The second-order valence-electron chi connectivity index (χ2n) is 10.9. The van der Waals surface area contributed by atoms with Gasteiger partial charge in [-0.15, -0.1) is 0 Å². The van der Waals surface area contributed by atoms with Crippen LogP contribution in [0.4, 0.5) is 0 Å². The van der Waals surface area contributed by atoms with E-state index >= 15 is 0 Å². The quantitative estimate of drug-likeness (QED) is 0.193. The first-order valence-corrected chi connectivity index (χ1v) is 13.9. The van der Waals surface area contributed by atoms with Gasteiger partial charge in [0, 0.05) is 17.4 Å². The van der Waals surface area contributed by atoms with Crippen LogP contribution in [-0.4, -0.2) is 39.1 Å². The molecule has 0 amide bonds. The Hall–Kier alpha value is -2.73. The summed E-state index contributed by atoms with van der Waals surface area (Å²) >= 11 is 0. The number of phenols is 2. The minimum atomic E-state index is -0.884. The molecule has 4 unspecified atom stereocenters. The van der Waals surface area contributed by atoms with E-state index in [-0.39, 0.29) is 22.8 Å². The fourth-order valence-corrected chi connectivity index (χ4v) is 5.78. The number of aliphatic hydroxyl groups is 1. The third kappa shape index (κ3) is 7.64. The molecule has 0 spiro atoms. The molecule has 4 atom stereocenters. The summed E-state index contributed by atoms with van der Waals surface area (Å²) in [5, 5.41) is 39.2. The second kappa shape index (κ2) is 13.7. The molecule has 4 N–H and O–H groups in total. The Morgan fingerprint density at radius 2 is 1.57 bits per heavy atom. The molecule has 0 saturated carbocycles. The number of unbranched alkanes of at least 4 members (excludes halogenated alkanes) is 6. The van der Waals surface area contributed by atoms with Crippen LogP contribution in [0.15, 0.2) is 42.5 Å². The van der Waals surface area contributed by atoms with Crippen LogP contribution < -0.4 is 4.74 Å². The molecule has 1 aliphatic heterocycles. The summed E-state index contributed by atoms with van der Waals surface area (Å²) in [6.07, 6.45) is 9.56. The number of fused-ring (bicyclic) bond motifs is 1. The Bertz CT molecular complexity index is 988. The lowest BCUT2D eigenvalue weighted by Gasteiger charge is -2.43. The fourth-order valence-electron chi connectivity index (χ4n) is 5.78. The average molecular weight is 513 g/mol. The SMILES string of the molecule is CCCC(O)C(CCCCCCCCCC1c2ccc(O)cc2OCC1(C)c1ccc(O)cc1)C(=O)O. The van der Waals surface area contributed by atoms with Gasteiger partial charge >= 0.3 is 5.97 Å². The third-order valence-corrected chi connectivity index (χ3v) is 8.07. The van der Waals surface area contributed by atoms with Crippen molar-refractivity contribution in [2.24, 2.45) is 5.92 Å². The summed E-state index contributed by atoms with van der Waals surface area (Å²) in [5.41, 5.74) is 2.02. The Labute approximate surface area is 221 Å². The Balaban J connectivity index is 1.48. The van der Waals surface area contributed by atoms with Crippen molar-refractivity contribution < 1.29 is 30.0 Å². The maximum absolute atomic E-state index is 11.4. The lowest BCUT2D eigenvalue weighted by atomic mass is 9.66. The number of phenolic OH excluding ortho intramolecular Hbond substituents is 2. The van der Waals surface area contributed by atoms with Crippen molar-refractivity contribution in [1.29, 1.82) is 0 Å². The largest absolute Gasteiger partial charge is 0.508 e. The van der Waals surface area contributed by atoms with E-state index < -0.39 is 18.0 Å². The number of rotatable bonds is 15. The highest BCUT2D eigenvalue weighted by atomic mass is 16.5. The molecule has 3 rings (SSSR count). The van der Waals surface area contributed by atoms with Gasteiger partial charge in [0.2, 0.25) is 0 Å². The monoisotopic (exact) mass is 512 g/mol. The summed E-state index contributed by atoms with van der Waals surface area (Å²) in [6.45, 7) is 4.70.